The molecule has 0 aliphatic carbocycles. The summed E-state index contributed by atoms with van der Waals surface area (Å²) < 4.78 is 15.0. The van der Waals surface area contributed by atoms with Crippen molar-refractivity contribution in [3.05, 3.63) is 35.9 Å². The average molecular weight is 421 g/mol. The molecular formula is C20H23NO9. The van der Waals surface area contributed by atoms with Crippen LogP contribution in [0.3, 0.4) is 0 Å². The highest BCUT2D eigenvalue weighted by molar-refractivity contribution is 6.01. The first-order chi connectivity index (χ1) is 14.0. The number of esters is 1. The molecule has 1 aromatic rings. The van der Waals surface area contributed by atoms with Gasteiger partial charge in [-0.05, 0) is 27.7 Å². The average Bonchev–Trinajstić information content (AvgIpc) is 2.96. The fourth-order valence-corrected chi connectivity index (χ4v) is 2.35. The standard InChI is InChI=1S/C20H23NO9/c1-12(27-19(26)29-20(2,3)4)17(24)28-16(13-8-6-5-7-9-13)18(25)30-21-14(22)10-11-15(21)23/h5-9,12,16H,10-11H2,1-4H3/t12?,16-/m0/s1. The van der Waals surface area contributed by atoms with E-state index in [0.717, 1.165) is 0 Å². The van der Waals surface area contributed by atoms with Gasteiger partial charge in [-0.3, -0.25) is 9.59 Å². The molecule has 2 rings (SSSR count). The van der Waals surface area contributed by atoms with Gasteiger partial charge >= 0.3 is 18.1 Å². The lowest BCUT2D eigenvalue weighted by molar-refractivity contribution is -0.207. The van der Waals surface area contributed by atoms with Gasteiger partial charge in [-0.2, -0.15) is 0 Å². The van der Waals surface area contributed by atoms with E-state index in [1.165, 1.54) is 19.1 Å². The van der Waals surface area contributed by atoms with Crippen LogP contribution in [0.5, 0.6) is 0 Å². The second-order valence-electron chi connectivity index (χ2n) is 7.44. The zero-order chi connectivity index (χ0) is 22.5. The molecule has 1 aromatic carbocycles. The Balaban J connectivity index is 2.11. The molecule has 30 heavy (non-hydrogen) atoms. The molecule has 1 heterocycles. The fourth-order valence-electron chi connectivity index (χ4n) is 2.35. The Morgan fingerprint density at radius 1 is 0.933 bits per heavy atom. The summed E-state index contributed by atoms with van der Waals surface area (Å²) in [6.07, 6.45) is -4.23. The highest BCUT2D eigenvalue weighted by Gasteiger charge is 2.37. The third-order valence-corrected chi connectivity index (χ3v) is 3.73. The van der Waals surface area contributed by atoms with E-state index in [1.54, 1.807) is 39.0 Å². The lowest BCUT2D eigenvalue weighted by atomic mass is 10.1. The van der Waals surface area contributed by atoms with E-state index in [-0.39, 0.29) is 18.4 Å². The van der Waals surface area contributed by atoms with Gasteiger partial charge in [0.2, 0.25) is 6.10 Å². The van der Waals surface area contributed by atoms with Crippen LogP contribution < -0.4 is 0 Å². The van der Waals surface area contributed by atoms with Gasteiger partial charge in [-0.25, -0.2) is 14.4 Å². The predicted octanol–water partition coefficient (Wildman–Crippen LogP) is 2.22. The zero-order valence-corrected chi connectivity index (χ0v) is 17.1. The number of hydrogen-bond donors (Lipinski definition) is 0. The van der Waals surface area contributed by atoms with Crippen LogP contribution in [-0.2, 0) is 38.2 Å². The van der Waals surface area contributed by atoms with E-state index in [2.05, 4.69) is 0 Å². The second-order valence-corrected chi connectivity index (χ2v) is 7.44. The van der Waals surface area contributed by atoms with Gasteiger partial charge in [0.25, 0.3) is 11.8 Å². The topological polar surface area (TPSA) is 126 Å². The quantitative estimate of drug-likeness (QED) is 0.502. The van der Waals surface area contributed by atoms with E-state index in [1.807, 2.05) is 0 Å². The largest absolute Gasteiger partial charge is 0.509 e. The molecule has 2 amide bonds. The second kappa shape index (κ2) is 9.38. The Bertz CT molecular complexity index is 812. The molecule has 1 aliphatic heterocycles. The third-order valence-electron chi connectivity index (χ3n) is 3.73. The molecule has 2 atom stereocenters. The monoisotopic (exact) mass is 421 g/mol. The van der Waals surface area contributed by atoms with Crippen molar-refractivity contribution in [1.29, 1.82) is 0 Å². The van der Waals surface area contributed by atoms with Crippen LogP contribution in [0, 0.1) is 0 Å². The minimum Gasteiger partial charge on any atom is -0.443 e. The van der Waals surface area contributed by atoms with Crippen molar-refractivity contribution in [2.24, 2.45) is 0 Å². The van der Waals surface area contributed by atoms with E-state index in [9.17, 15) is 24.0 Å². The van der Waals surface area contributed by atoms with Crippen LogP contribution in [0.1, 0.15) is 52.2 Å². The van der Waals surface area contributed by atoms with Crippen molar-refractivity contribution in [2.45, 2.75) is 58.3 Å². The van der Waals surface area contributed by atoms with Gasteiger partial charge in [0, 0.05) is 18.4 Å². The molecule has 0 spiro atoms. The summed E-state index contributed by atoms with van der Waals surface area (Å²) in [4.78, 5) is 65.0. The van der Waals surface area contributed by atoms with Crippen molar-refractivity contribution < 1.29 is 43.0 Å². The number of hydrogen-bond acceptors (Lipinski definition) is 9. The van der Waals surface area contributed by atoms with E-state index in [0.29, 0.717) is 5.06 Å². The van der Waals surface area contributed by atoms with Crippen molar-refractivity contribution in [3.63, 3.8) is 0 Å². The third kappa shape index (κ3) is 6.29. The number of imide groups is 1. The maximum absolute atomic E-state index is 12.6. The molecule has 10 heteroatoms. The highest BCUT2D eigenvalue weighted by atomic mass is 16.8. The molecule has 0 bridgehead atoms. The van der Waals surface area contributed by atoms with Gasteiger partial charge < -0.3 is 19.0 Å². The summed E-state index contributed by atoms with van der Waals surface area (Å²) in [6, 6.07) is 7.85. The lowest BCUT2D eigenvalue weighted by Crippen LogP contribution is -2.37. The number of hydroxylamine groups is 2. The number of benzene rings is 1. The van der Waals surface area contributed by atoms with E-state index in [4.69, 9.17) is 19.0 Å². The van der Waals surface area contributed by atoms with Crippen LogP contribution in [0.25, 0.3) is 0 Å². The highest BCUT2D eigenvalue weighted by Crippen LogP contribution is 2.23. The predicted molar refractivity (Wildman–Crippen MR) is 99.2 cm³/mol. The molecule has 162 valence electrons. The number of rotatable bonds is 6. The summed E-state index contributed by atoms with van der Waals surface area (Å²) in [5.41, 5.74) is -0.592. The minimum absolute atomic E-state index is 0.0807. The van der Waals surface area contributed by atoms with Crippen LogP contribution >= 0.6 is 0 Å². The van der Waals surface area contributed by atoms with Crippen molar-refractivity contribution >= 4 is 29.9 Å². The Morgan fingerprint density at radius 2 is 1.50 bits per heavy atom. The normalized spacial score (nSPS) is 15.9. The Kier molecular flexibility index (Phi) is 7.14. The molecule has 10 nitrogen and oxygen atoms in total. The fraction of sp³-hybridized carbons (Fsp3) is 0.450. The molecule has 1 fully saturated rings. The minimum atomic E-state index is -1.59. The molecule has 0 saturated carbocycles. The lowest BCUT2D eigenvalue weighted by Gasteiger charge is -2.22. The zero-order valence-electron chi connectivity index (χ0n) is 17.1. The summed E-state index contributed by atoms with van der Waals surface area (Å²) in [7, 11) is 0. The van der Waals surface area contributed by atoms with Crippen molar-refractivity contribution in [1.82, 2.24) is 5.06 Å². The van der Waals surface area contributed by atoms with E-state index >= 15 is 0 Å². The van der Waals surface area contributed by atoms with Crippen molar-refractivity contribution in [2.75, 3.05) is 0 Å². The molecule has 0 radical (unpaired) electrons. The molecule has 1 aliphatic rings. The molecular weight excluding hydrogens is 398 g/mol. The van der Waals surface area contributed by atoms with Crippen LogP contribution in [0.4, 0.5) is 4.79 Å². The van der Waals surface area contributed by atoms with Crippen LogP contribution in [0.15, 0.2) is 30.3 Å². The molecule has 0 aromatic heterocycles. The number of nitrogens with zero attached hydrogens (tertiary/aromatic N) is 1. The number of carbonyl (C=O) groups excluding carboxylic acids is 5. The van der Waals surface area contributed by atoms with Gasteiger partial charge in [-0.15, -0.1) is 5.06 Å². The van der Waals surface area contributed by atoms with Gasteiger partial charge in [0.15, 0.2) is 6.10 Å². The first kappa shape index (κ1) is 22.9. The number of ether oxygens (including phenoxy) is 3. The Morgan fingerprint density at radius 3 is 2.03 bits per heavy atom. The molecule has 1 unspecified atom stereocenters. The van der Waals surface area contributed by atoms with Crippen LogP contribution in [-0.4, -0.2) is 46.7 Å². The van der Waals surface area contributed by atoms with Crippen molar-refractivity contribution in [3.8, 4) is 0 Å². The maximum Gasteiger partial charge on any atom is 0.509 e. The first-order valence-electron chi connectivity index (χ1n) is 9.20. The smallest absolute Gasteiger partial charge is 0.443 e. The maximum atomic E-state index is 12.6. The van der Waals surface area contributed by atoms with Crippen LogP contribution in [0.2, 0.25) is 0 Å². The Hall–Kier alpha value is -3.43. The summed E-state index contributed by atoms with van der Waals surface area (Å²) >= 11 is 0. The Labute approximate surface area is 173 Å². The summed E-state index contributed by atoms with van der Waals surface area (Å²) in [5.74, 6) is -3.55. The first-order valence-corrected chi connectivity index (χ1v) is 9.20. The van der Waals surface area contributed by atoms with Gasteiger partial charge in [0.05, 0.1) is 0 Å². The molecule has 1 saturated heterocycles. The number of carbonyl (C=O) groups is 5. The number of amides is 2. The summed E-state index contributed by atoms with van der Waals surface area (Å²) in [6.45, 7) is 6.12. The SMILES string of the molecule is CC(OC(=O)OC(C)(C)C)C(=O)O[C@H](C(=O)ON1C(=O)CCC1=O)c1ccccc1. The van der Waals surface area contributed by atoms with Gasteiger partial charge in [0.1, 0.15) is 5.60 Å². The molecule has 0 N–H and O–H groups in total. The van der Waals surface area contributed by atoms with Gasteiger partial charge in [-0.1, -0.05) is 30.3 Å². The summed E-state index contributed by atoms with van der Waals surface area (Å²) in [5, 5.41) is 0.354. The van der Waals surface area contributed by atoms with E-state index < -0.39 is 47.7 Å².